The lowest BCUT2D eigenvalue weighted by molar-refractivity contribution is 0.631. The van der Waals surface area contributed by atoms with E-state index < -0.39 is 0 Å². The Labute approximate surface area is 120 Å². The van der Waals surface area contributed by atoms with Gasteiger partial charge >= 0.3 is 0 Å². The van der Waals surface area contributed by atoms with Crippen molar-refractivity contribution in [2.75, 3.05) is 0 Å². The first kappa shape index (κ1) is 12.5. The molecule has 2 nitrogen and oxygen atoms in total. The summed E-state index contributed by atoms with van der Waals surface area (Å²) in [5.74, 6) is 0.705. The maximum Gasteiger partial charge on any atom is 0.153 e. The standard InChI is InChI=1S/C15H11Cl2NO/c16-12-3-1-2-10-7-14(19-15(10)12)11-5-4-9(8-18)6-13(11)17/h1-7H,8,18H2. The van der Waals surface area contributed by atoms with E-state index in [1.807, 2.05) is 36.4 Å². The Bertz CT molecular complexity index is 749. The smallest absolute Gasteiger partial charge is 0.153 e. The monoisotopic (exact) mass is 291 g/mol. The molecule has 1 heterocycles. The predicted octanol–water partition coefficient (Wildman–Crippen LogP) is 4.87. The molecule has 3 rings (SSSR count). The molecule has 0 spiro atoms. The summed E-state index contributed by atoms with van der Waals surface area (Å²) < 4.78 is 5.79. The molecule has 0 unspecified atom stereocenters. The van der Waals surface area contributed by atoms with Gasteiger partial charge in [-0.15, -0.1) is 0 Å². The van der Waals surface area contributed by atoms with Crippen LogP contribution in [0.25, 0.3) is 22.3 Å². The Morgan fingerprint density at radius 2 is 1.84 bits per heavy atom. The van der Waals surface area contributed by atoms with Crippen molar-refractivity contribution in [3.05, 3.63) is 58.1 Å². The fourth-order valence-electron chi connectivity index (χ4n) is 2.05. The maximum absolute atomic E-state index is 6.26. The normalized spacial score (nSPS) is 11.1. The van der Waals surface area contributed by atoms with Crippen LogP contribution in [-0.4, -0.2) is 0 Å². The minimum absolute atomic E-state index is 0.464. The first-order chi connectivity index (χ1) is 9.19. The van der Waals surface area contributed by atoms with Crippen molar-refractivity contribution in [2.45, 2.75) is 6.54 Å². The van der Waals surface area contributed by atoms with Gasteiger partial charge in [0.1, 0.15) is 5.76 Å². The van der Waals surface area contributed by atoms with Crippen molar-refractivity contribution in [1.29, 1.82) is 0 Å². The van der Waals surface area contributed by atoms with E-state index in [2.05, 4.69) is 0 Å². The molecule has 3 aromatic rings. The average Bonchev–Trinajstić information content (AvgIpc) is 2.83. The number of halogens is 2. The molecule has 96 valence electrons. The second-order valence-electron chi connectivity index (χ2n) is 4.29. The summed E-state index contributed by atoms with van der Waals surface area (Å²) in [5, 5.41) is 2.18. The number of para-hydroxylation sites is 1. The van der Waals surface area contributed by atoms with Gasteiger partial charge in [0, 0.05) is 17.5 Å². The highest BCUT2D eigenvalue weighted by atomic mass is 35.5. The van der Waals surface area contributed by atoms with Gasteiger partial charge in [-0.05, 0) is 29.8 Å². The highest BCUT2D eigenvalue weighted by Gasteiger charge is 2.11. The lowest BCUT2D eigenvalue weighted by atomic mass is 10.1. The molecule has 0 radical (unpaired) electrons. The predicted molar refractivity (Wildman–Crippen MR) is 79.6 cm³/mol. The maximum atomic E-state index is 6.26. The number of furan rings is 1. The molecule has 2 N–H and O–H groups in total. The van der Waals surface area contributed by atoms with Crippen molar-refractivity contribution in [3.8, 4) is 11.3 Å². The molecule has 19 heavy (non-hydrogen) atoms. The Balaban J connectivity index is 2.16. The number of hydrogen-bond donors (Lipinski definition) is 1. The third kappa shape index (κ3) is 2.23. The van der Waals surface area contributed by atoms with Crippen molar-refractivity contribution in [1.82, 2.24) is 0 Å². The summed E-state index contributed by atoms with van der Waals surface area (Å²) in [6, 6.07) is 13.3. The zero-order valence-electron chi connectivity index (χ0n) is 9.99. The third-order valence-electron chi connectivity index (χ3n) is 3.03. The summed E-state index contributed by atoms with van der Waals surface area (Å²) in [5.41, 5.74) is 8.10. The van der Waals surface area contributed by atoms with Crippen molar-refractivity contribution in [2.24, 2.45) is 5.73 Å². The molecule has 2 aromatic carbocycles. The van der Waals surface area contributed by atoms with Gasteiger partial charge in [0.15, 0.2) is 5.58 Å². The number of fused-ring (bicyclic) bond motifs is 1. The van der Waals surface area contributed by atoms with Crippen LogP contribution in [-0.2, 0) is 6.54 Å². The van der Waals surface area contributed by atoms with Gasteiger partial charge in [-0.25, -0.2) is 0 Å². The quantitative estimate of drug-likeness (QED) is 0.732. The summed E-state index contributed by atoms with van der Waals surface area (Å²) in [6.07, 6.45) is 0. The molecular weight excluding hydrogens is 281 g/mol. The van der Waals surface area contributed by atoms with Crippen LogP contribution in [0.3, 0.4) is 0 Å². The molecule has 0 saturated heterocycles. The topological polar surface area (TPSA) is 39.2 Å². The average molecular weight is 292 g/mol. The highest BCUT2D eigenvalue weighted by molar-refractivity contribution is 6.35. The molecule has 0 atom stereocenters. The van der Waals surface area contributed by atoms with Crippen LogP contribution < -0.4 is 5.73 Å². The molecule has 4 heteroatoms. The number of rotatable bonds is 2. The van der Waals surface area contributed by atoms with Crippen LogP contribution in [0.1, 0.15) is 5.56 Å². The first-order valence-corrected chi connectivity index (χ1v) is 6.61. The molecule has 0 saturated carbocycles. The van der Waals surface area contributed by atoms with E-state index in [1.54, 1.807) is 6.07 Å². The summed E-state index contributed by atoms with van der Waals surface area (Å²) in [4.78, 5) is 0. The van der Waals surface area contributed by atoms with E-state index in [0.29, 0.717) is 27.9 Å². The van der Waals surface area contributed by atoms with E-state index in [9.17, 15) is 0 Å². The van der Waals surface area contributed by atoms with Crippen LogP contribution in [0.4, 0.5) is 0 Å². The van der Waals surface area contributed by atoms with E-state index in [0.717, 1.165) is 16.5 Å². The summed E-state index contributed by atoms with van der Waals surface area (Å²) >= 11 is 12.4. The van der Waals surface area contributed by atoms with Crippen LogP contribution in [0.5, 0.6) is 0 Å². The van der Waals surface area contributed by atoms with Gasteiger partial charge in [-0.3, -0.25) is 0 Å². The van der Waals surface area contributed by atoms with Crippen LogP contribution in [0.15, 0.2) is 46.9 Å². The molecular formula is C15H11Cl2NO. The van der Waals surface area contributed by atoms with Gasteiger partial charge in [-0.1, -0.05) is 41.4 Å². The zero-order chi connectivity index (χ0) is 13.4. The molecule has 0 amide bonds. The van der Waals surface area contributed by atoms with Crippen molar-refractivity contribution < 1.29 is 4.42 Å². The van der Waals surface area contributed by atoms with Crippen LogP contribution >= 0.6 is 23.2 Å². The lowest BCUT2D eigenvalue weighted by Crippen LogP contribution is -1.95. The van der Waals surface area contributed by atoms with Crippen LogP contribution in [0, 0.1) is 0 Å². The van der Waals surface area contributed by atoms with Crippen molar-refractivity contribution in [3.63, 3.8) is 0 Å². The largest absolute Gasteiger partial charge is 0.454 e. The Hall–Kier alpha value is -1.48. The molecule has 0 aliphatic carbocycles. The fraction of sp³-hybridized carbons (Fsp3) is 0.0667. The van der Waals surface area contributed by atoms with Gasteiger partial charge in [0.2, 0.25) is 0 Å². The van der Waals surface area contributed by atoms with Crippen molar-refractivity contribution >= 4 is 34.2 Å². The van der Waals surface area contributed by atoms with E-state index >= 15 is 0 Å². The van der Waals surface area contributed by atoms with Gasteiger partial charge in [0.05, 0.1) is 10.0 Å². The molecule has 0 aliphatic heterocycles. The Kier molecular flexibility index (Phi) is 3.23. The van der Waals surface area contributed by atoms with Crippen LogP contribution in [0.2, 0.25) is 10.0 Å². The summed E-state index contributed by atoms with van der Waals surface area (Å²) in [7, 11) is 0. The molecule has 0 bridgehead atoms. The first-order valence-electron chi connectivity index (χ1n) is 5.86. The minimum atomic E-state index is 0.464. The van der Waals surface area contributed by atoms with E-state index in [-0.39, 0.29) is 0 Å². The van der Waals surface area contributed by atoms with Gasteiger partial charge in [-0.2, -0.15) is 0 Å². The van der Waals surface area contributed by atoms with E-state index in [1.165, 1.54) is 0 Å². The number of nitrogens with two attached hydrogens (primary N) is 1. The zero-order valence-corrected chi connectivity index (χ0v) is 11.5. The molecule has 0 aliphatic rings. The number of hydrogen-bond acceptors (Lipinski definition) is 2. The minimum Gasteiger partial charge on any atom is -0.454 e. The Morgan fingerprint density at radius 3 is 2.53 bits per heavy atom. The Morgan fingerprint density at radius 1 is 1.00 bits per heavy atom. The molecule has 0 fully saturated rings. The second-order valence-corrected chi connectivity index (χ2v) is 5.10. The second kappa shape index (κ2) is 4.89. The number of benzene rings is 2. The van der Waals surface area contributed by atoms with E-state index in [4.69, 9.17) is 33.4 Å². The van der Waals surface area contributed by atoms with Gasteiger partial charge < -0.3 is 10.2 Å². The SMILES string of the molecule is NCc1ccc(-c2cc3cccc(Cl)c3o2)c(Cl)c1. The lowest BCUT2D eigenvalue weighted by Gasteiger charge is -2.03. The third-order valence-corrected chi connectivity index (χ3v) is 3.64. The molecule has 1 aromatic heterocycles. The van der Waals surface area contributed by atoms with Gasteiger partial charge in [0.25, 0.3) is 0 Å². The summed E-state index contributed by atoms with van der Waals surface area (Å²) in [6.45, 7) is 0.464. The highest BCUT2D eigenvalue weighted by Crippen LogP contribution is 2.35. The fourth-order valence-corrected chi connectivity index (χ4v) is 2.56.